The highest BCUT2D eigenvalue weighted by Gasteiger charge is 2.18. The SMILES string of the molecule is Cc1cc(C)c(S(=O)(=O)Nc2ccc(F)cc2)cc1CO. The molecule has 0 aliphatic rings. The van der Waals surface area contributed by atoms with Crippen molar-refractivity contribution < 1.29 is 17.9 Å². The summed E-state index contributed by atoms with van der Waals surface area (Å²) in [5.74, 6) is -0.438. The second-order valence-electron chi connectivity index (χ2n) is 4.81. The Kier molecular flexibility index (Phi) is 4.29. The van der Waals surface area contributed by atoms with Crippen molar-refractivity contribution in [2.45, 2.75) is 25.3 Å². The normalized spacial score (nSPS) is 11.4. The number of benzene rings is 2. The molecule has 0 heterocycles. The zero-order valence-electron chi connectivity index (χ0n) is 11.7. The Morgan fingerprint density at radius 2 is 1.71 bits per heavy atom. The van der Waals surface area contributed by atoms with Crippen LogP contribution in [0.15, 0.2) is 41.3 Å². The zero-order chi connectivity index (χ0) is 15.6. The minimum absolute atomic E-state index is 0.0986. The molecule has 0 saturated carbocycles. The van der Waals surface area contributed by atoms with Crippen molar-refractivity contribution in [2.24, 2.45) is 0 Å². The molecule has 2 N–H and O–H groups in total. The summed E-state index contributed by atoms with van der Waals surface area (Å²) in [7, 11) is -3.79. The van der Waals surface area contributed by atoms with Crippen molar-refractivity contribution in [1.29, 1.82) is 0 Å². The maximum absolute atomic E-state index is 12.8. The first-order valence-electron chi connectivity index (χ1n) is 6.33. The van der Waals surface area contributed by atoms with E-state index in [9.17, 15) is 17.9 Å². The molecule has 0 unspecified atom stereocenters. The molecule has 0 fully saturated rings. The molecular formula is C15H16FNO3S. The second kappa shape index (κ2) is 5.83. The molecule has 2 aromatic carbocycles. The predicted octanol–water partition coefficient (Wildman–Crippen LogP) is 2.74. The smallest absolute Gasteiger partial charge is 0.262 e. The van der Waals surface area contributed by atoms with E-state index in [4.69, 9.17) is 0 Å². The van der Waals surface area contributed by atoms with Crippen molar-refractivity contribution in [2.75, 3.05) is 4.72 Å². The summed E-state index contributed by atoms with van der Waals surface area (Å²) >= 11 is 0. The molecule has 112 valence electrons. The van der Waals surface area contributed by atoms with E-state index in [2.05, 4.69) is 4.72 Å². The Bertz CT molecular complexity index is 755. The van der Waals surface area contributed by atoms with E-state index in [1.165, 1.54) is 30.3 Å². The quantitative estimate of drug-likeness (QED) is 0.912. The summed E-state index contributed by atoms with van der Waals surface area (Å²) in [6.07, 6.45) is 0. The van der Waals surface area contributed by atoms with Crippen LogP contribution < -0.4 is 4.72 Å². The lowest BCUT2D eigenvalue weighted by Gasteiger charge is -2.13. The van der Waals surface area contributed by atoms with Gasteiger partial charge in [-0.2, -0.15) is 0 Å². The van der Waals surface area contributed by atoms with Crippen LogP contribution >= 0.6 is 0 Å². The largest absolute Gasteiger partial charge is 0.392 e. The minimum atomic E-state index is -3.79. The van der Waals surface area contributed by atoms with E-state index in [0.717, 1.165) is 5.56 Å². The second-order valence-corrected chi connectivity index (χ2v) is 6.47. The average Bonchev–Trinajstić information content (AvgIpc) is 2.41. The molecule has 0 bridgehead atoms. The zero-order valence-corrected chi connectivity index (χ0v) is 12.5. The number of hydrogen-bond donors (Lipinski definition) is 2. The molecule has 4 nitrogen and oxygen atoms in total. The molecule has 0 radical (unpaired) electrons. The van der Waals surface area contributed by atoms with Gasteiger partial charge in [-0.3, -0.25) is 4.72 Å². The van der Waals surface area contributed by atoms with Crippen LogP contribution in [0.3, 0.4) is 0 Å². The number of hydrogen-bond acceptors (Lipinski definition) is 3. The van der Waals surface area contributed by atoms with Gasteiger partial charge in [-0.1, -0.05) is 6.07 Å². The third-order valence-corrected chi connectivity index (χ3v) is 4.71. The first-order chi connectivity index (χ1) is 9.83. The molecule has 21 heavy (non-hydrogen) atoms. The molecular weight excluding hydrogens is 293 g/mol. The predicted molar refractivity (Wildman–Crippen MR) is 79.0 cm³/mol. The van der Waals surface area contributed by atoms with E-state index < -0.39 is 15.8 Å². The van der Waals surface area contributed by atoms with Gasteiger partial charge in [0.2, 0.25) is 0 Å². The standard InChI is InChI=1S/C15H16FNO3S/c1-10-7-11(2)15(8-12(10)9-18)21(19,20)17-14-5-3-13(16)4-6-14/h3-8,17-18H,9H2,1-2H3. The number of rotatable bonds is 4. The molecule has 6 heteroatoms. The van der Waals surface area contributed by atoms with Gasteiger partial charge in [0.25, 0.3) is 10.0 Å². The van der Waals surface area contributed by atoms with Gasteiger partial charge >= 0.3 is 0 Å². The van der Waals surface area contributed by atoms with E-state index in [-0.39, 0.29) is 17.2 Å². The fourth-order valence-corrected chi connectivity index (χ4v) is 3.40. The van der Waals surface area contributed by atoms with Crippen molar-refractivity contribution in [1.82, 2.24) is 0 Å². The summed E-state index contributed by atoms with van der Waals surface area (Å²) in [4.78, 5) is 0.0986. The molecule has 0 saturated heterocycles. The van der Waals surface area contributed by atoms with Gasteiger partial charge in [0.1, 0.15) is 5.82 Å². The number of nitrogens with one attached hydrogen (secondary N) is 1. The van der Waals surface area contributed by atoms with Crippen LogP contribution in [0.1, 0.15) is 16.7 Å². The van der Waals surface area contributed by atoms with E-state index >= 15 is 0 Å². The van der Waals surface area contributed by atoms with Gasteiger partial charge in [0, 0.05) is 5.69 Å². The van der Waals surface area contributed by atoms with Crippen LogP contribution in [0.25, 0.3) is 0 Å². The van der Waals surface area contributed by atoms with Gasteiger partial charge in [-0.05, 0) is 60.9 Å². The first-order valence-corrected chi connectivity index (χ1v) is 7.81. The number of halogens is 1. The van der Waals surface area contributed by atoms with Crippen molar-refractivity contribution in [3.63, 3.8) is 0 Å². The monoisotopic (exact) mass is 309 g/mol. The minimum Gasteiger partial charge on any atom is -0.392 e. The van der Waals surface area contributed by atoms with Gasteiger partial charge in [0.05, 0.1) is 11.5 Å². The molecule has 0 aliphatic heterocycles. The molecule has 0 aliphatic carbocycles. The summed E-state index contributed by atoms with van der Waals surface area (Å²) in [5, 5.41) is 9.26. The third kappa shape index (κ3) is 3.40. The Morgan fingerprint density at radius 3 is 2.29 bits per heavy atom. The van der Waals surface area contributed by atoms with E-state index in [1.54, 1.807) is 13.0 Å². The lowest BCUT2D eigenvalue weighted by atomic mass is 10.1. The highest BCUT2D eigenvalue weighted by molar-refractivity contribution is 7.92. The number of aliphatic hydroxyl groups excluding tert-OH is 1. The molecule has 0 amide bonds. The Hall–Kier alpha value is -1.92. The van der Waals surface area contributed by atoms with Gasteiger partial charge in [0.15, 0.2) is 0 Å². The summed E-state index contributed by atoms with van der Waals surface area (Å²) in [6, 6.07) is 8.23. The number of sulfonamides is 1. The van der Waals surface area contributed by atoms with Crippen LogP contribution in [-0.2, 0) is 16.6 Å². The van der Waals surface area contributed by atoms with Crippen molar-refractivity contribution in [3.05, 3.63) is 58.9 Å². The number of anilines is 1. The fourth-order valence-electron chi connectivity index (χ4n) is 2.06. The molecule has 0 spiro atoms. The average molecular weight is 309 g/mol. The lowest BCUT2D eigenvalue weighted by molar-refractivity contribution is 0.280. The van der Waals surface area contributed by atoms with Crippen LogP contribution in [-0.4, -0.2) is 13.5 Å². The number of aliphatic hydroxyl groups is 1. The third-order valence-electron chi connectivity index (χ3n) is 3.19. The van der Waals surface area contributed by atoms with Gasteiger partial charge in [-0.25, -0.2) is 12.8 Å². The molecule has 0 aromatic heterocycles. The van der Waals surface area contributed by atoms with Crippen molar-refractivity contribution >= 4 is 15.7 Å². The molecule has 2 aromatic rings. The summed E-state index contributed by atoms with van der Waals surface area (Å²) < 4.78 is 40.0. The fraction of sp³-hybridized carbons (Fsp3) is 0.200. The lowest BCUT2D eigenvalue weighted by Crippen LogP contribution is -2.15. The highest BCUT2D eigenvalue weighted by atomic mass is 32.2. The maximum atomic E-state index is 12.8. The van der Waals surface area contributed by atoms with Crippen LogP contribution in [0.4, 0.5) is 10.1 Å². The molecule has 2 rings (SSSR count). The van der Waals surface area contributed by atoms with Crippen LogP contribution in [0, 0.1) is 19.7 Å². The summed E-state index contributed by atoms with van der Waals surface area (Å²) in [5.41, 5.74) is 2.25. The van der Waals surface area contributed by atoms with E-state index in [0.29, 0.717) is 11.1 Å². The maximum Gasteiger partial charge on any atom is 0.262 e. The first kappa shape index (κ1) is 15.5. The Labute approximate surface area is 123 Å². The van der Waals surface area contributed by atoms with Gasteiger partial charge < -0.3 is 5.11 Å². The van der Waals surface area contributed by atoms with Gasteiger partial charge in [-0.15, -0.1) is 0 Å². The highest BCUT2D eigenvalue weighted by Crippen LogP contribution is 2.23. The van der Waals surface area contributed by atoms with Crippen molar-refractivity contribution in [3.8, 4) is 0 Å². The van der Waals surface area contributed by atoms with E-state index in [1.807, 2.05) is 6.92 Å². The molecule has 0 atom stereocenters. The summed E-state index contributed by atoms with van der Waals surface area (Å²) in [6.45, 7) is 3.26. The Morgan fingerprint density at radius 1 is 1.10 bits per heavy atom. The van der Waals surface area contributed by atoms with Crippen LogP contribution in [0.5, 0.6) is 0 Å². The number of aryl methyl sites for hydroxylation is 2. The topological polar surface area (TPSA) is 66.4 Å². The Balaban J connectivity index is 2.42. The van der Waals surface area contributed by atoms with Crippen LogP contribution in [0.2, 0.25) is 0 Å².